The number of aryl methyl sites for hydroxylation is 2. The number of fused-ring (bicyclic) bond motifs is 20. The molecule has 0 radical (unpaired) electrons. The van der Waals surface area contributed by atoms with E-state index in [9.17, 15) is 4.79 Å². The van der Waals surface area contributed by atoms with Crippen LogP contribution in [-0.4, -0.2) is 45.8 Å². The minimum atomic E-state index is -0.220. The second kappa shape index (κ2) is 20.7. The zero-order valence-corrected chi connectivity index (χ0v) is 47.3. The number of aromatic nitrogens is 8. The molecule has 5 heterocycles. The van der Waals surface area contributed by atoms with Gasteiger partial charge in [0, 0.05) is 55.1 Å². The number of nitrogens with one attached hydrogen (secondary N) is 3. The number of nitrogens with zero attached hydrogens (tertiary/aromatic N) is 6. The largest absolute Gasteiger partial charge is 0.324 e. The quantitative estimate of drug-likeness (QED) is 0.0967. The van der Waals surface area contributed by atoms with Gasteiger partial charge in [-0.05, 0) is 203 Å². The Morgan fingerprint density at radius 1 is 0.421 bits per heavy atom. The van der Waals surface area contributed by atoms with Gasteiger partial charge < -0.3 is 15.3 Å². The number of rotatable bonds is 9. The Morgan fingerprint density at radius 2 is 0.789 bits per heavy atom. The Hall–Kier alpha value is -8.37. The highest BCUT2D eigenvalue weighted by Gasteiger charge is 2.30. The Bertz CT molecular complexity index is 4100. The second-order valence-electron chi connectivity index (χ2n) is 20.8. The maximum Gasteiger partial charge on any atom is 0.251 e. The van der Waals surface area contributed by atoms with Crippen LogP contribution in [0.4, 0.5) is 5.69 Å². The lowest BCUT2D eigenvalue weighted by atomic mass is 9.89. The Labute approximate surface area is 447 Å². The fourth-order valence-electron chi connectivity index (χ4n) is 10.5. The first-order chi connectivity index (χ1) is 36.2. The molecule has 10 nitrogen and oxygen atoms in total. The van der Waals surface area contributed by atoms with Gasteiger partial charge in [-0.25, -0.2) is 29.9 Å². The molecule has 2 aliphatic rings. The van der Waals surface area contributed by atoms with E-state index in [-0.39, 0.29) is 5.91 Å². The maximum absolute atomic E-state index is 13.8. The molecular formula is C66H69N9O. The Kier molecular flexibility index (Phi) is 14.3. The molecule has 4 aromatic carbocycles. The number of anilines is 1. The van der Waals surface area contributed by atoms with Crippen molar-refractivity contribution in [2.75, 3.05) is 5.32 Å². The number of hydrogen-bond acceptors (Lipinski definition) is 7. The summed E-state index contributed by atoms with van der Waals surface area (Å²) in [5.41, 5.74) is 24.7. The van der Waals surface area contributed by atoms with Gasteiger partial charge in [0.2, 0.25) is 0 Å². The zero-order chi connectivity index (χ0) is 54.6. The van der Waals surface area contributed by atoms with Gasteiger partial charge in [-0.2, -0.15) is 0 Å². The molecular weight excluding hydrogens is 935 g/mol. The van der Waals surface area contributed by atoms with Crippen LogP contribution in [0.5, 0.6) is 0 Å². The van der Waals surface area contributed by atoms with Gasteiger partial charge in [0.05, 0.1) is 0 Å². The van der Waals surface area contributed by atoms with Gasteiger partial charge >= 0.3 is 0 Å². The summed E-state index contributed by atoms with van der Waals surface area (Å²) in [4.78, 5) is 53.6. The third-order valence-corrected chi connectivity index (χ3v) is 16.0. The van der Waals surface area contributed by atoms with Crippen LogP contribution in [-0.2, 0) is 4.79 Å². The lowest BCUT2D eigenvalue weighted by Crippen LogP contribution is -2.12. The van der Waals surface area contributed by atoms with Crippen molar-refractivity contribution in [3.05, 3.63) is 180 Å². The summed E-state index contributed by atoms with van der Waals surface area (Å²) < 4.78 is 0. The van der Waals surface area contributed by atoms with Crippen LogP contribution >= 0.6 is 0 Å². The predicted octanol–water partition coefficient (Wildman–Crippen LogP) is 16.5. The van der Waals surface area contributed by atoms with Crippen molar-refractivity contribution >= 4 is 55.7 Å². The summed E-state index contributed by atoms with van der Waals surface area (Å²) in [5.74, 6) is 2.04. The standard InChI is InChI=1S/C66H69N9O/c1-18-23-33(2)26-21-27-34(3)24-19-20-25-35(4)28-22-29-36(5)66(76)67-49-30-31-50-51(32-49)59-68-58(50)69-60-52-43(12)37(6)39(8)45(14)54(52)62(71-60)73-64-56-47(16)41(10)42(11)48(17)57(56)65(75-64)74-63-55-46(15)40(9)38(7)44(13)53(55)61(70-59)72-63/h18-32H,1-17H3,(H,67,76)(H2,68,69,70,71,72,73,74,75)/b20-19+,23-18+,27-21+,28-22+,33-26+,34-24+,35-25+,36-29+. The minimum absolute atomic E-state index is 0.220. The number of hydrogen-bond donors (Lipinski definition) is 3. The van der Waals surface area contributed by atoms with E-state index in [1.165, 1.54) is 39.0 Å². The highest BCUT2D eigenvalue weighted by molar-refractivity contribution is 6.11. The summed E-state index contributed by atoms with van der Waals surface area (Å²) in [5, 5.41) is 6.75. The van der Waals surface area contributed by atoms with Crippen LogP contribution in [0.3, 0.4) is 0 Å². The zero-order valence-electron chi connectivity index (χ0n) is 47.3. The molecule has 9 rings (SSSR count). The van der Waals surface area contributed by atoms with E-state index < -0.39 is 0 Å². The first-order valence-corrected chi connectivity index (χ1v) is 26.1. The molecule has 0 fully saturated rings. The molecule has 0 saturated heterocycles. The van der Waals surface area contributed by atoms with Crippen molar-refractivity contribution < 1.29 is 4.79 Å². The Morgan fingerprint density at radius 3 is 1.24 bits per heavy atom. The van der Waals surface area contributed by atoms with Gasteiger partial charge in [0.25, 0.3) is 5.91 Å². The summed E-state index contributed by atoms with van der Waals surface area (Å²) in [6.07, 6.45) is 24.2. The molecule has 0 atom stereocenters. The van der Waals surface area contributed by atoms with Crippen molar-refractivity contribution in [2.45, 2.75) is 118 Å². The molecule has 0 saturated carbocycles. The van der Waals surface area contributed by atoms with E-state index in [2.05, 4.69) is 143 Å². The fraction of sp³-hybridized carbons (Fsp3) is 0.258. The second-order valence-corrected chi connectivity index (χ2v) is 20.8. The summed E-state index contributed by atoms with van der Waals surface area (Å²) >= 11 is 0. The highest BCUT2D eigenvalue weighted by atomic mass is 16.1. The molecule has 0 aliphatic carbocycles. The first kappa shape index (κ1) is 52.5. The normalized spacial score (nSPS) is 13.5. The molecule has 3 aromatic heterocycles. The van der Waals surface area contributed by atoms with Crippen molar-refractivity contribution in [3.63, 3.8) is 0 Å². The van der Waals surface area contributed by atoms with Crippen molar-refractivity contribution in [3.8, 4) is 45.6 Å². The fourth-order valence-corrected chi connectivity index (χ4v) is 10.5. The number of carbonyl (C=O) groups is 1. The number of H-pyrrole nitrogens is 2. The van der Waals surface area contributed by atoms with Gasteiger partial charge in [0.15, 0.2) is 23.3 Å². The molecule has 2 aliphatic heterocycles. The average molecular weight is 1000 g/mol. The van der Waals surface area contributed by atoms with E-state index in [4.69, 9.17) is 29.9 Å². The highest BCUT2D eigenvalue weighted by Crippen LogP contribution is 2.45. The van der Waals surface area contributed by atoms with Crippen molar-refractivity contribution in [2.24, 2.45) is 0 Å². The summed E-state index contributed by atoms with van der Waals surface area (Å²) in [6, 6.07) is 5.84. The summed E-state index contributed by atoms with van der Waals surface area (Å²) in [7, 11) is 0. The average Bonchev–Trinajstić information content (AvgIpc) is 4.18. The molecule has 0 unspecified atom stereocenters. The van der Waals surface area contributed by atoms with E-state index in [0.717, 1.165) is 88.3 Å². The van der Waals surface area contributed by atoms with Gasteiger partial charge in [-0.3, -0.25) is 4.79 Å². The molecule has 1 amide bonds. The van der Waals surface area contributed by atoms with Crippen LogP contribution in [0.25, 0.3) is 89.7 Å². The Balaban J connectivity index is 1.20. The molecule has 3 N–H and O–H groups in total. The first-order valence-electron chi connectivity index (χ1n) is 26.1. The molecule has 8 bridgehead atoms. The number of amides is 1. The number of allylic oxidation sites excluding steroid dienone is 15. The van der Waals surface area contributed by atoms with Crippen LogP contribution < -0.4 is 5.32 Å². The van der Waals surface area contributed by atoms with Gasteiger partial charge in [-0.1, -0.05) is 89.6 Å². The third-order valence-electron chi connectivity index (χ3n) is 16.0. The van der Waals surface area contributed by atoms with Crippen molar-refractivity contribution in [1.29, 1.82) is 0 Å². The smallest absolute Gasteiger partial charge is 0.251 e. The number of aromatic amines is 2. The van der Waals surface area contributed by atoms with Crippen LogP contribution in [0.1, 0.15) is 101 Å². The van der Waals surface area contributed by atoms with Gasteiger partial charge in [0.1, 0.15) is 22.6 Å². The van der Waals surface area contributed by atoms with E-state index in [1.807, 2.05) is 81.5 Å². The van der Waals surface area contributed by atoms with Crippen LogP contribution in [0.2, 0.25) is 0 Å². The third kappa shape index (κ3) is 9.42. The summed E-state index contributed by atoms with van der Waals surface area (Å²) in [6.45, 7) is 36.0. The minimum Gasteiger partial charge on any atom is -0.324 e. The van der Waals surface area contributed by atoms with E-state index in [1.54, 1.807) is 0 Å². The van der Waals surface area contributed by atoms with Gasteiger partial charge in [-0.15, -0.1) is 0 Å². The molecule has 0 spiro atoms. The molecule has 384 valence electrons. The lowest BCUT2D eigenvalue weighted by Gasteiger charge is -2.15. The van der Waals surface area contributed by atoms with Crippen molar-refractivity contribution in [1.82, 2.24) is 39.9 Å². The molecule has 10 heteroatoms. The number of benzene rings is 4. The van der Waals surface area contributed by atoms with Crippen LogP contribution in [0.15, 0.2) is 113 Å². The topological polar surface area (TPSA) is 138 Å². The lowest BCUT2D eigenvalue weighted by molar-refractivity contribution is -0.112. The van der Waals surface area contributed by atoms with E-state index in [0.29, 0.717) is 57.1 Å². The molecule has 76 heavy (non-hydrogen) atoms. The van der Waals surface area contributed by atoms with Crippen LogP contribution in [0, 0.1) is 83.1 Å². The SMILES string of the molecule is C/C=C/C(C)=C/C=C/C(C)=C/C=C/C=C(C)/C=C/C=C(\C)C(=O)Nc1ccc2c3nc4nc(nc5[nH]c(nc6nc(nc([nH]3)c2c1)-c1c(C)c(C)c(C)c(C)c1-6)c1c(C)c(C)c(C)c(C)c51)-c1c(C)c(C)c(C)c(C)c1-4. The number of carbonyl (C=O) groups excluding carboxylic acids is 1. The molecule has 7 aromatic rings. The van der Waals surface area contributed by atoms with E-state index >= 15 is 0 Å². The predicted molar refractivity (Wildman–Crippen MR) is 319 cm³/mol. The monoisotopic (exact) mass is 1000 g/mol. The maximum atomic E-state index is 13.8.